The standard InChI is InChI=1S/C22H26N2O5/c23-14-8-7-13-20(15-25)24(21(26)28-16-18-9-3-1-4-10-18)22(27)29-17-19-11-5-2-6-12-19/h1-6,9-12,15,20H,7-8,13-14,16-17,23H2/t20-/m0/s1. The molecule has 0 saturated carbocycles. The molecule has 0 aliphatic rings. The van der Waals surface area contributed by atoms with Crippen LogP contribution in [0.15, 0.2) is 60.7 Å². The number of unbranched alkanes of at least 4 members (excludes halogenated alkanes) is 1. The summed E-state index contributed by atoms with van der Waals surface area (Å²) in [5.74, 6) is 0. The average Bonchev–Trinajstić information content (AvgIpc) is 2.77. The summed E-state index contributed by atoms with van der Waals surface area (Å²) in [6, 6.07) is 17.2. The fraction of sp³-hybridized carbons (Fsp3) is 0.318. The van der Waals surface area contributed by atoms with Crippen LogP contribution >= 0.6 is 0 Å². The van der Waals surface area contributed by atoms with Crippen LogP contribution in [0.2, 0.25) is 0 Å². The van der Waals surface area contributed by atoms with Crippen LogP contribution in [0.25, 0.3) is 0 Å². The fourth-order valence-electron chi connectivity index (χ4n) is 2.68. The molecule has 2 aromatic carbocycles. The molecule has 1 atom stereocenters. The van der Waals surface area contributed by atoms with Crippen molar-refractivity contribution >= 4 is 18.5 Å². The highest BCUT2D eigenvalue weighted by Crippen LogP contribution is 2.14. The number of hydrogen-bond acceptors (Lipinski definition) is 6. The molecule has 29 heavy (non-hydrogen) atoms. The SMILES string of the molecule is NCCCC[C@@H](C=O)N(C(=O)OCc1ccccc1)C(=O)OCc1ccccc1. The van der Waals surface area contributed by atoms with Gasteiger partial charge in [-0.25, -0.2) is 14.5 Å². The number of benzene rings is 2. The van der Waals surface area contributed by atoms with E-state index in [-0.39, 0.29) is 13.2 Å². The third-order valence-corrected chi connectivity index (χ3v) is 4.25. The van der Waals surface area contributed by atoms with Crippen LogP contribution in [0.5, 0.6) is 0 Å². The van der Waals surface area contributed by atoms with Crippen molar-refractivity contribution in [3.63, 3.8) is 0 Å². The first-order chi connectivity index (χ1) is 14.2. The number of carbonyl (C=O) groups is 3. The number of aldehydes is 1. The van der Waals surface area contributed by atoms with Gasteiger partial charge in [-0.05, 0) is 36.9 Å². The van der Waals surface area contributed by atoms with Crippen molar-refractivity contribution in [2.45, 2.75) is 38.5 Å². The molecule has 0 unspecified atom stereocenters. The number of amides is 2. The minimum atomic E-state index is -0.979. The molecule has 0 saturated heterocycles. The first kappa shape index (κ1) is 22.1. The summed E-state index contributed by atoms with van der Waals surface area (Å²) in [4.78, 5) is 37.6. The highest BCUT2D eigenvalue weighted by atomic mass is 16.6. The van der Waals surface area contributed by atoms with Crippen molar-refractivity contribution in [3.8, 4) is 0 Å². The largest absolute Gasteiger partial charge is 0.444 e. The van der Waals surface area contributed by atoms with Crippen LogP contribution in [-0.2, 0) is 27.5 Å². The molecule has 0 radical (unpaired) electrons. The van der Waals surface area contributed by atoms with E-state index < -0.39 is 18.2 Å². The molecule has 0 heterocycles. The van der Waals surface area contributed by atoms with Crippen molar-refractivity contribution < 1.29 is 23.9 Å². The van der Waals surface area contributed by atoms with Gasteiger partial charge >= 0.3 is 12.2 Å². The number of rotatable bonds is 10. The Morgan fingerprint density at radius 1 is 0.862 bits per heavy atom. The van der Waals surface area contributed by atoms with E-state index in [0.717, 1.165) is 16.0 Å². The number of hydrogen-bond donors (Lipinski definition) is 1. The highest BCUT2D eigenvalue weighted by molar-refractivity contribution is 5.91. The monoisotopic (exact) mass is 398 g/mol. The normalized spacial score (nSPS) is 11.3. The third kappa shape index (κ3) is 7.38. The van der Waals surface area contributed by atoms with E-state index in [1.165, 1.54) is 0 Å². The lowest BCUT2D eigenvalue weighted by atomic mass is 10.1. The Morgan fingerprint density at radius 3 is 1.76 bits per heavy atom. The maximum absolute atomic E-state index is 12.6. The second-order valence-corrected chi connectivity index (χ2v) is 6.44. The minimum Gasteiger partial charge on any atom is -0.444 e. The minimum absolute atomic E-state index is 0.0173. The zero-order valence-electron chi connectivity index (χ0n) is 16.2. The molecule has 7 nitrogen and oxygen atoms in total. The zero-order chi connectivity index (χ0) is 20.9. The van der Waals surface area contributed by atoms with Gasteiger partial charge in [0.2, 0.25) is 0 Å². The second-order valence-electron chi connectivity index (χ2n) is 6.44. The van der Waals surface area contributed by atoms with Gasteiger partial charge < -0.3 is 20.0 Å². The van der Waals surface area contributed by atoms with Crippen molar-refractivity contribution in [1.29, 1.82) is 0 Å². The number of carbonyl (C=O) groups excluding carboxylic acids is 3. The first-order valence-corrected chi connectivity index (χ1v) is 9.51. The molecule has 154 valence electrons. The average molecular weight is 398 g/mol. The van der Waals surface area contributed by atoms with Gasteiger partial charge in [0.1, 0.15) is 25.5 Å². The van der Waals surface area contributed by atoms with Crippen molar-refractivity contribution in [2.75, 3.05) is 6.54 Å². The third-order valence-electron chi connectivity index (χ3n) is 4.25. The van der Waals surface area contributed by atoms with E-state index in [2.05, 4.69) is 0 Å². The lowest BCUT2D eigenvalue weighted by Crippen LogP contribution is -2.46. The van der Waals surface area contributed by atoms with Gasteiger partial charge in [0.15, 0.2) is 0 Å². The summed E-state index contributed by atoms with van der Waals surface area (Å²) in [5.41, 5.74) is 7.03. The van der Waals surface area contributed by atoms with E-state index in [4.69, 9.17) is 15.2 Å². The molecular weight excluding hydrogens is 372 g/mol. The number of nitrogens with two attached hydrogens (primary N) is 1. The van der Waals surface area contributed by atoms with Crippen molar-refractivity contribution in [1.82, 2.24) is 4.90 Å². The van der Waals surface area contributed by atoms with Gasteiger partial charge in [-0.3, -0.25) is 0 Å². The van der Waals surface area contributed by atoms with Gasteiger partial charge in [0, 0.05) is 0 Å². The summed E-state index contributed by atoms with van der Waals surface area (Å²) < 4.78 is 10.5. The van der Waals surface area contributed by atoms with Crippen molar-refractivity contribution in [2.24, 2.45) is 5.73 Å². The smallest absolute Gasteiger partial charge is 0.420 e. The molecule has 0 aliphatic heterocycles. The Labute approximate surface area is 170 Å². The molecule has 7 heteroatoms. The summed E-state index contributed by atoms with van der Waals surface area (Å²) >= 11 is 0. The molecule has 2 amide bonds. The van der Waals surface area contributed by atoms with E-state index in [1.54, 1.807) is 24.3 Å². The molecular formula is C22H26N2O5. The lowest BCUT2D eigenvalue weighted by molar-refractivity contribution is -0.112. The summed E-state index contributed by atoms with van der Waals surface area (Å²) in [6.07, 6.45) is 0.282. The summed E-state index contributed by atoms with van der Waals surface area (Å²) in [5, 5.41) is 0. The van der Waals surface area contributed by atoms with Gasteiger partial charge in [0.25, 0.3) is 0 Å². The number of nitrogens with zero attached hydrogens (tertiary/aromatic N) is 1. The second kappa shape index (κ2) is 12.3. The van der Waals surface area contributed by atoms with E-state index in [0.29, 0.717) is 32.1 Å². The molecule has 2 rings (SSSR count). The first-order valence-electron chi connectivity index (χ1n) is 9.51. The van der Waals surface area contributed by atoms with E-state index >= 15 is 0 Å². The molecule has 2 aromatic rings. The maximum Gasteiger partial charge on any atom is 0.420 e. The van der Waals surface area contributed by atoms with E-state index in [9.17, 15) is 14.4 Å². The number of imide groups is 1. The van der Waals surface area contributed by atoms with Gasteiger partial charge in [0.05, 0.1) is 0 Å². The fourth-order valence-corrected chi connectivity index (χ4v) is 2.68. The summed E-state index contributed by atoms with van der Waals surface area (Å²) in [7, 11) is 0. The molecule has 0 aromatic heterocycles. The predicted molar refractivity (Wildman–Crippen MR) is 108 cm³/mol. The van der Waals surface area contributed by atoms with Crippen LogP contribution < -0.4 is 5.73 Å². The van der Waals surface area contributed by atoms with Crippen molar-refractivity contribution in [3.05, 3.63) is 71.8 Å². The van der Waals surface area contributed by atoms with Crippen LogP contribution in [0.3, 0.4) is 0 Å². The summed E-state index contributed by atoms with van der Waals surface area (Å²) in [6.45, 7) is 0.426. The number of ether oxygens (including phenoxy) is 2. The Morgan fingerprint density at radius 2 is 1.34 bits per heavy atom. The lowest BCUT2D eigenvalue weighted by Gasteiger charge is -2.25. The Bertz CT molecular complexity index is 712. The highest BCUT2D eigenvalue weighted by Gasteiger charge is 2.32. The Kier molecular flexibility index (Phi) is 9.38. The van der Waals surface area contributed by atoms with Gasteiger partial charge in [-0.15, -0.1) is 0 Å². The Balaban J connectivity index is 2.06. The van der Waals surface area contributed by atoms with Crippen LogP contribution in [0.4, 0.5) is 9.59 Å². The van der Waals surface area contributed by atoms with Crippen LogP contribution in [0.1, 0.15) is 30.4 Å². The quantitative estimate of drug-likeness (QED) is 0.484. The molecule has 0 spiro atoms. The zero-order valence-corrected chi connectivity index (χ0v) is 16.2. The van der Waals surface area contributed by atoms with Gasteiger partial charge in [-0.2, -0.15) is 0 Å². The molecule has 0 bridgehead atoms. The van der Waals surface area contributed by atoms with E-state index in [1.807, 2.05) is 36.4 Å². The van der Waals surface area contributed by atoms with Crippen LogP contribution in [-0.4, -0.2) is 36.0 Å². The molecule has 0 fully saturated rings. The topological polar surface area (TPSA) is 98.9 Å². The van der Waals surface area contributed by atoms with Gasteiger partial charge in [-0.1, -0.05) is 60.7 Å². The maximum atomic E-state index is 12.6. The molecule has 0 aliphatic carbocycles. The predicted octanol–water partition coefficient (Wildman–Crippen LogP) is 3.66. The Hall–Kier alpha value is -3.19. The molecule has 2 N–H and O–H groups in total. The van der Waals surface area contributed by atoms with Crippen LogP contribution in [0, 0.1) is 0 Å².